The van der Waals surface area contributed by atoms with Crippen molar-refractivity contribution in [2.75, 3.05) is 26.2 Å². The van der Waals surface area contributed by atoms with E-state index in [1.807, 2.05) is 65.6 Å². The Bertz CT molecular complexity index is 854. The molecule has 1 aliphatic rings. The van der Waals surface area contributed by atoms with Crippen LogP contribution in [-0.2, 0) is 0 Å². The standard InChI is InChI=1S/C19H19N5O/c25-19(23-13-11-20-12-14-23)17-18(15-7-3-1-4-8-15)24(22-21-17)16-9-5-2-6-10-16/h1-10,20H,11-14H2. The Morgan fingerprint density at radius 1 is 0.920 bits per heavy atom. The van der Waals surface area contributed by atoms with E-state index in [1.165, 1.54) is 0 Å². The Morgan fingerprint density at radius 2 is 1.56 bits per heavy atom. The number of hydrogen-bond donors (Lipinski definition) is 1. The van der Waals surface area contributed by atoms with Crippen molar-refractivity contribution in [3.05, 3.63) is 66.4 Å². The summed E-state index contributed by atoms with van der Waals surface area (Å²) in [5.74, 6) is -0.0671. The predicted octanol–water partition coefficient (Wildman–Crippen LogP) is 1.98. The number of benzene rings is 2. The number of nitrogens with zero attached hydrogens (tertiary/aromatic N) is 4. The van der Waals surface area contributed by atoms with Gasteiger partial charge < -0.3 is 10.2 Å². The number of carbonyl (C=O) groups is 1. The van der Waals surface area contributed by atoms with Crippen molar-refractivity contribution in [1.29, 1.82) is 0 Å². The zero-order valence-corrected chi connectivity index (χ0v) is 13.8. The van der Waals surface area contributed by atoms with Crippen LogP contribution >= 0.6 is 0 Å². The van der Waals surface area contributed by atoms with Gasteiger partial charge in [0.1, 0.15) is 5.69 Å². The molecule has 6 heteroatoms. The lowest BCUT2D eigenvalue weighted by atomic mass is 10.1. The first kappa shape index (κ1) is 15.5. The molecule has 3 aromatic rings. The molecule has 2 aromatic carbocycles. The molecule has 0 spiro atoms. The molecule has 1 aliphatic heterocycles. The molecule has 0 saturated carbocycles. The SMILES string of the molecule is O=C(c1nnn(-c2ccccc2)c1-c1ccccc1)N1CCNCC1. The first-order valence-corrected chi connectivity index (χ1v) is 8.41. The van der Waals surface area contributed by atoms with Crippen molar-refractivity contribution in [2.24, 2.45) is 0 Å². The molecule has 1 saturated heterocycles. The van der Waals surface area contributed by atoms with Gasteiger partial charge in [-0.2, -0.15) is 0 Å². The van der Waals surface area contributed by atoms with Crippen LogP contribution in [0.2, 0.25) is 0 Å². The lowest BCUT2D eigenvalue weighted by molar-refractivity contribution is 0.0730. The Balaban J connectivity index is 1.82. The number of amides is 1. The maximum atomic E-state index is 13.0. The van der Waals surface area contributed by atoms with Crippen LogP contribution in [0.25, 0.3) is 16.9 Å². The number of rotatable bonds is 3. The highest BCUT2D eigenvalue weighted by Gasteiger charge is 2.26. The van der Waals surface area contributed by atoms with Gasteiger partial charge in [-0.3, -0.25) is 4.79 Å². The van der Waals surface area contributed by atoms with Crippen molar-refractivity contribution in [3.63, 3.8) is 0 Å². The molecule has 1 N–H and O–H groups in total. The smallest absolute Gasteiger partial charge is 0.276 e. The summed E-state index contributed by atoms with van der Waals surface area (Å²) in [7, 11) is 0. The van der Waals surface area contributed by atoms with Crippen molar-refractivity contribution in [1.82, 2.24) is 25.2 Å². The summed E-state index contributed by atoms with van der Waals surface area (Å²) in [6.45, 7) is 2.98. The normalized spacial score (nSPS) is 14.5. The Labute approximate surface area is 146 Å². The van der Waals surface area contributed by atoms with Crippen LogP contribution in [0.4, 0.5) is 0 Å². The van der Waals surface area contributed by atoms with Crippen molar-refractivity contribution in [3.8, 4) is 16.9 Å². The molecule has 0 unspecified atom stereocenters. The summed E-state index contributed by atoms with van der Waals surface area (Å²) in [6, 6.07) is 19.6. The number of para-hydroxylation sites is 1. The highest BCUT2D eigenvalue weighted by Crippen LogP contribution is 2.26. The fourth-order valence-corrected chi connectivity index (χ4v) is 3.05. The third-order valence-electron chi connectivity index (χ3n) is 4.33. The lowest BCUT2D eigenvalue weighted by Crippen LogP contribution is -2.46. The molecule has 0 atom stereocenters. The van der Waals surface area contributed by atoms with Gasteiger partial charge in [-0.25, -0.2) is 4.68 Å². The van der Waals surface area contributed by atoms with E-state index in [0.29, 0.717) is 18.8 Å². The molecule has 126 valence electrons. The van der Waals surface area contributed by atoms with E-state index in [2.05, 4.69) is 15.6 Å². The monoisotopic (exact) mass is 333 g/mol. The van der Waals surface area contributed by atoms with Gasteiger partial charge in [-0.05, 0) is 12.1 Å². The number of carbonyl (C=O) groups excluding carboxylic acids is 1. The molecular formula is C19H19N5O. The van der Waals surface area contributed by atoms with Crippen LogP contribution in [0, 0.1) is 0 Å². The van der Waals surface area contributed by atoms with E-state index in [0.717, 1.165) is 30.0 Å². The van der Waals surface area contributed by atoms with E-state index >= 15 is 0 Å². The molecule has 1 fully saturated rings. The van der Waals surface area contributed by atoms with Gasteiger partial charge in [0.2, 0.25) is 0 Å². The Kier molecular flexibility index (Phi) is 4.26. The second-order valence-electron chi connectivity index (χ2n) is 5.94. The summed E-state index contributed by atoms with van der Waals surface area (Å²) >= 11 is 0. The highest BCUT2D eigenvalue weighted by molar-refractivity contribution is 5.98. The molecule has 4 rings (SSSR count). The van der Waals surface area contributed by atoms with Gasteiger partial charge in [0, 0.05) is 31.7 Å². The maximum Gasteiger partial charge on any atom is 0.276 e. The Hall–Kier alpha value is -2.99. The topological polar surface area (TPSA) is 63.1 Å². The summed E-state index contributed by atoms with van der Waals surface area (Å²) in [6.07, 6.45) is 0. The first-order valence-electron chi connectivity index (χ1n) is 8.41. The van der Waals surface area contributed by atoms with Gasteiger partial charge in [0.05, 0.1) is 5.69 Å². The van der Waals surface area contributed by atoms with Crippen LogP contribution in [-0.4, -0.2) is 52.0 Å². The van der Waals surface area contributed by atoms with Gasteiger partial charge in [-0.1, -0.05) is 53.7 Å². The molecular weight excluding hydrogens is 314 g/mol. The molecule has 2 heterocycles. The third kappa shape index (κ3) is 3.04. The average Bonchev–Trinajstić information content (AvgIpc) is 3.14. The second-order valence-corrected chi connectivity index (χ2v) is 5.94. The van der Waals surface area contributed by atoms with Gasteiger partial charge >= 0.3 is 0 Å². The zero-order valence-electron chi connectivity index (χ0n) is 13.8. The van der Waals surface area contributed by atoms with E-state index in [-0.39, 0.29) is 5.91 Å². The fraction of sp³-hybridized carbons (Fsp3) is 0.211. The van der Waals surface area contributed by atoms with E-state index in [1.54, 1.807) is 4.68 Å². The average molecular weight is 333 g/mol. The van der Waals surface area contributed by atoms with Gasteiger partial charge in [0.25, 0.3) is 5.91 Å². The molecule has 6 nitrogen and oxygen atoms in total. The molecule has 25 heavy (non-hydrogen) atoms. The molecule has 0 radical (unpaired) electrons. The second kappa shape index (κ2) is 6.86. The Morgan fingerprint density at radius 3 is 2.24 bits per heavy atom. The van der Waals surface area contributed by atoms with Crippen LogP contribution in [0.3, 0.4) is 0 Å². The predicted molar refractivity (Wildman–Crippen MR) is 95.6 cm³/mol. The number of hydrogen-bond acceptors (Lipinski definition) is 4. The molecule has 0 aliphatic carbocycles. The van der Waals surface area contributed by atoms with Crippen LogP contribution in [0.15, 0.2) is 60.7 Å². The van der Waals surface area contributed by atoms with Crippen LogP contribution < -0.4 is 5.32 Å². The minimum Gasteiger partial charge on any atom is -0.335 e. The molecule has 1 amide bonds. The van der Waals surface area contributed by atoms with E-state index in [9.17, 15) is 4.79 Å². The minimum absolute atomic E-state index is 0.0671. The largest absolute Gasteiger partial charge is 0.335 e. The zero-order chi connectivity index (χ0) is 17.1. The van der Waals surface area contributed by atoms with E-state index < -0.39 is 0 Å². The van der Waals surface area contributed by atoms with Crippen LogP contribution in [0.5, 0.6) is 0 Å². The van der Waals surface area contributed by atoms with Crippen molar-refractivity contribution >= 4 is 5.91 Å². The molecule has 1 aromatic heterocycles. The van der Waals surface area contributed by atoms with Crippen LogP contribution in [0.1, 0.15) is 10.5 Å². The quantitative estimate of drug-likeness (QED) is 0.796. The third-order valence-corrected chi connectivity index (χ3v) is 4.33. The fourth-order valence-electron chi connectivity index (χ4n) is 3.05. The summed E-state index contributed by atoms with van der Waals surface area (Å²) in [5, 5.41) is 11.8. The van der Waals surface area contributed by atoms with Crippen molar-refractivity contribution in [2.45, 2.75) is 0 Å². The lowest BCUT2D eigenvalue weighted by Gasteiger charge is -2.26. The highest BCUT2D eigenvalue weighted by atomic mass is 16.2. The number of piperazine rings is 1. The molecule has 0 bridgehead atoms. The summed E-state index contributed by atoms with van der Waals surface area (Å²) in [5.41, 5.74) is 2.94. The minimum atomic E-state index is -0.0671. The number of nitrogens with one attached hydrogen (secondary N) is 1. The maximum absolute atomic E-state index is 13.0. The first-order chi connectivity index (χ1) is 12.3. The van der Waals surface area contributed by atoms with E-state index in [4.69, 9.17) is 0 Å². The number of aromatic nitrogens is 3. The van der Waals surface area contributed by atoms with Gasteiger partial charge in [-0.15, -0.1) is 5.10 Å². The summed E-state index contributed by atoms with van der Waals surface area (Å²) < 4.78 is 1.74. The summed E-state index contributed by atoms with van der Waals surface area (Å²) in [4.78, 5) is 14.9. The van der Waals surface area contributed by atoms with Gasteiger partial charge in [0.15, 0.2) is 5.69 Å². The van der Waals surface area contributed by atoms with Crippen molar-refractivity contribution < 1.29 is 4.79 Å².